The maximum Gasteiger partial charge on any atom is 0.440 e. The molecule has 2 aromatic rings. The Kier molecular flexibility index (Phi) is 1.55. The van der Waals surface area contributed by atoms with Crippen molar-refractivity contribution >= 4 is 0 Å². The lowest BCUT2D eigenvalue weighted by Gasteiger charge is -1.93. The van der Waals surface area contributed by atoms with E-state index in [1.807, 2.05) is 0 Å². The third-order valence-electron chi connectivity index (χ3n) is 1.35. The van der Waals surface area contributed by atoms with Crippen molar-refractivity contribution in [3.63, 3.8) is 0 Å². The van der Waals surface area contributed by atoms with Crippen LogP contribution in [-0.2, 0) is 0 Å². The summed E-state index contributed by atoms with van der Waals surface area (Å²) < 4.78 is 5.13. The minimum Gasteiger partial charge on any atom is -0.294 e. The molecule has 0 unspecified atom stereocenters. The van der Waals surface area contributed by atoms with Gasteiger partial charge in [0, 0.05) is 12.3 Å². The summed E-state index contributed by atoms with van der Waals surface area (Å²) in [6.07, 6.45) is 1.40. The molecule has 0 spiro atoms. The lowest BCUT2D eigenvalue weighted by atomic mass is 10.6. The molecule has 13 heavy (non-hydrogen) atoms. The second kappa shape index (κ2) is 2.70. The molecule has 7 nitrogen and oxygen atoms in total. The summed E-state index contributed by atoms with van der Waals surface area (Å²) in [7, 11) is 0. The molecule has 0 atom stereocenters. The molecule has 0 saturated heterocycles. The zero-order valence-corrected chi connectivity index (χ0v) is 6.30. The van der Waals surface area contributed by atoms with Gasteiger partial charge in [-0.3, -0.25) is 14.3 Å². The summed E-state index contributed by atoms with van der Waals surface area (Å²) in [4.78, 5) is 23.9. The van der Waals surface area contributed by atoms with Gasteiger partial charge in [-0.15, -0.1) is 0 Å². The molecule has 2 aromatic heterocycles. The molecule has 0 fully saturated rings. The number of rotatable bonds is 1. The average molecular weight is 180 g/mol. The van der Waals surface area contributed by atoms with Crippen molar-refractivity contribution < 1.29 is 4.52 Å². The van der Waals surface area contributed by atoms with Gasteiger partial charge in [0.25, 0.3) is 11.5 Å². The number of aromatic nitrogens is 4. The highest BCUT2D eigenvalue weighted by molar-refractivity contribution is 5.03. The molecule has 0 saturated carbocycles. The molecule has 7 heteroatoms. The fraction of sp³-hybridized carbons (Fsp3) is 0. The molecular weight excluding hydrogens is 176 g/mol. The molecule has 0 bridgehead atoms. The van der Waals surface area contributed by atoms with Gasteiger partial charge >= 0.3 is 5.76 Å². The number of nitrogens with one attached hydrogen (secondary N) is 1. The summed E-state index contributed by atoms with van der Waals surface area (Å²) in [5.74, 6) is -0.761. The van der Waals surface area contributed by atoms with Crippen molar-refractivity contribution in [2.24, 2.45) is 0 Å². The highest BCUT2D eigenvalue weighted by Gasteiger charge is 2.04. The van der Waals surface area contributed by atoms with E-state index in [0.29, 0.717) is 0 Å². The number of nitrogens with zero attached hydrogens (tertiary/aromatic N) is 3. The molecule has 0 aliphatic rings. The Labute approximate surface area is 70.6 Å². The second-order valence-electron chi connectivity index (χ2n) is 2.19. The molecule has 1 N–H and O–H groups in total. The Bertz CT molecular complexity index is 523. The largest absolute Gasteiger partial charge is 0.440 e. The molecule has 0 aliphatic heterocycles. The van der Waals surface area contributed by atoms with E-state index in [2.05, 4.69) is 19.8 Å². The predicted octanol–water partition coefficient (Wildman–Crippen LogP) is -1.09. The third kappa shape index (κ3) is 1.26. The first kappa shape index (κ1) is 7.47. The highest BCUT2D eigenvalue weighted by atomic mass is 16.5. The second-order valence-corrected chi connectivity index (χ2v) is 2.19. The van der Waals surface area contributed by atoms with Crippen LogP contribution in [0.25, 0.3) is 5.95 Å². The quantitative estimate of drug-likeness (QED) is 0.601. The van der Waals surface area contributed by atoms with Crippen LogP contribution in [-0.4, -0.2) is 19.9 Å². The van der Waals surface area contributed by atoms with Crippen LogP contribution in [0, 0.1) is 0 Å². The van der Waals surface area contributed by atoms with E-state index in [-0.39, 0.29) is 5.95 Å². The number of H-pyrrole nitrogens is 1. The lowest BCUT2D eigenvalue weighted by Crippen LogP contribution is -2.20. The third-order valence-corrected chi connectivity index (χ3v) is 1.35. The van der Waals surface area contributed by atoms with E-state index in [4.69, 9.17) is 0 Å². The van der Waals surface area contributed by atoms with Gasteiger partial charge in [0.05, 0.1) is 0 Å². The van der Waals surface area contributed by atoms with Crippen molar-refractivity contribution in [2.45, 2.75) is 0 Å². The number of aromatic amines is 1. The first-order valence-corrected chi connectivity index (χ1v) is 3.38. The van der Waals surface area contributed by atoms with Crippen LogP contribution in [0.1, 0.15) is 0 Å². The van der Waals surface area contributed by atoms with Crippen LogP contribution in [0.15, 0.2) is 32.4 Å². The summed E-state index contributed by atoms with van der Waals surface area (Å²) in [5, 5.41) is 6.98. The maximum atomic E-state index is 11.1. The van der Waals surface area contributed by atoms with E-state index >= 15 is 0 Å². The molecule has 0 radical (unpaired) electrons. The van der Waals surface area contributed by atoms with E-state index in [9.17, 15) is 9.59 Å². The van der Waals surface area contributed by atoms with Crippen LogP contribution in [0.4, 0.5) is 0 Å². The number of hydrogen-bond acceptors (Lipinski definition) is 5. The van der Waals surface area contributed by atoms with Crippen molar-refractivity contribution in [2.75, 3.05) is 0 Å². The first-order chi connectivity index (χ1) is 6.27. The molecule has 0 aliphatic carbocycles. The van der Waals surface area contributed by atoms with Gasteiger partial charge in [-0.1, -0.05) is 0 Å². The summed E-state index contributed by atoms with van der Waals surface area (Å²) in [6.45, 7) is 0. The van der Waals surface area contributed by atoms with Gasteiger partial charge < -0.3 is 0 Å². The van der Waals surface area contributed by atoms with Crippen LogP contribution < -0.4 is 11.3 Å². The smallest absolute Gasteiger partial charge is 0.294 e. The van der Waals surface area contributed by atoms with E-state index < -0.39 is 11.3 Å². The molecule has 2 rings (SSSR count). The first-order valence-electron chi connectivity index (χ1n) is 3.38. The zero-order valence-electron chi connectivity index (χ0n) is 6.30. The Morgan fingerprint density at radius 3 is 2.92 bits per heavy atom. The fourth-order valence-electron chi connectivity index (χ4n) is 0.830. The highest BCUT2D eigenvalue weighted by Crippen LogP contribution is 1.86. The molecule has 0 aromatic carbocycles. The van der Waals surface area contributed by atoms with Gasteiger partial charge in [-0.25, -0.2) is 4.79 Å². The van der Waals surface area contributed by atoms with Crippen LogP contribution in [0.5, 0.6) is 0 Å². The van der Waals surface area contributed by atoms with Gasteiger partial charge in [0.15, 0.2) is 0 Å². The van der Waals surface area contributed by atoms with Gasteiger partial charge in [0.1, 0.15) is 0 Å². The monoisotopic (exact) mass is 180 g/mol. The number of hydrogen-bond donors (Lipinski definition) is 1. The summed E-state index contributed by atoms with van der Waals surface area (Å²) in [6, 6.07) is 2.77. The zero-order chi connectivity index (χ0) is 9.26. The van der Waals surface area contributed by atoms with E-state index in [1.54, 1.807) is 0 Å². The van der Waals surface area contributed by atoms with Gasteiger partial charge in [-0.2, -0.15) is 9.78 Å². The Morgan fingerprint density at radius 1 is 1.46 bits per heavy atom. The van der Waals surface area contributed by atoms with Gasteiger partial charge in [-0.05, 0) is 11.2 Å². The molecule has 66 valence electrons. The minimum atomic E-state index is -0.729. The molecular formula is C6H4N4O3. The standard InChI is InChI=1S/C6H4N4O3/c11-4-2-1-3-7-10(4)5-8-6(12)13-9-5/h1-3H,(H,8,9,12). The topological polar surface area (TPSA) is 93.8 Å². The fourth-order valence-corrected chi connectivity index (χ4v) is 0.830. The normalized spacial score (nSPS) is 10.2. The average Bonchev–Trinajstić information content (AvgIpc) is 2.53. The Balaban J connectivity index is 2.65. The Hall–Kier alpha value is -2.18. The van der Waals surface area contributed by atoms with Crippen molar-refractivity contribution in [3.05, 3.63) is 39.2 Å². The lowest BCUT2D eigenvalue weighted by molar-refractivity contribution is 0.383. The molecule has 0 amide bonds. The van der Waals surface area contributed by atoms with Crippen LogP contribution in [0.3, 0.4) is 0 Å². The van der Waals surface area contributed by atoms with E-state index in [1.165, 1.54) is 18.3 Å². The SMILES string of the molecule is O=c1[nH]c(-n2ncccc2=O)no1. The van der Waals surface area contributed by atoms with Gasteiger partial charge in [0.2, 0.25) is 0 Å². The Morgan fingerprint density at radius 2 is 2.31 bits per heavy atom. The van der Waals surface area contributed by atoms with Crippen LogP contribution >= 0.6 is 0 Å². The van der Waals surface area contributed by atoms with Crippen molar-refractivity contribution in [3.8, 4) is 5.95 Å². The maximum absolute atomic E-state index is 11.1. The van der Waals surface area contributed by atoms with E-state index in [0.717, 1.165) is 4.68 Å². The van der Waals surface area contributed by atoms with Crippen molar-refractivity contribution in [1.82, 2.24) is 19.9 Å². The molecule has 2 heterocycles. The predicted molar refractivity (Wildman–Crippen MR) is 40.5 cm³/mol. The summed E-state index contributed by atoms with van der Waals surface area (Å²) in [5.41, 5.74) is -0.396. The minimum absolute atomic E-state index is 0.0319. The van der Waals surface area contributed by atoms with Crippen LogP contribution in [0.2, 0.25) is 0 Å². The summed E-state index contributed by atoms with van der Waals surface area (Å²) >= 11 is 0. The van der Waals surface area contributed by atoms with Crippen molar-refractivity contribution in [1.29, 1.82) is 0 Å².